The van der Waals surface area contributed by atoms with E-state index in [-0.39, 0.29) is 22.5 Å². The summed E-state index contributed by atoms with van der Waals surface area (Å²) in [5.74, 6) is -1.23. The van der Waals surface area contributed by atoms with Crippen molar-refractivity contribution in [2.24, 2.45) is 0 Å². The van der Waals surface area contributed by atoms with E-state index in [1.165, 1.54) is 12.1 Å². The molecule has 2 rings (SSSR count). The Labute approximate surface area is 108 Å². The van der Waals surface area contributed by atoms with Gasteiger partial charge in [-0.15, -0.1) is 0 Å². The van der Waals surface area contributed by atoms with Crippen molar-refractivity contribution in [2.45, 2.75) is 0 Å². The summed E-state index contributed by atoms with van der Waals surface area (Å²) in [5.41, 5.74) is 5.47. The third-order valence-electron chi connectivity index (χ3n) is 2.68. The molecule has 3 N–H and O–H groups in total. The highest BCUT2D eigenvalue weighted by atomic mass is 16.6. The maximum Gasteiger partial charge on any atom is 0.336 e. The molecule has 0 aromatic heterocycles. The van der Waals surface area contributed by atoms with Gasteiger partial charge in [0.05, 0.1) is 16.1 Å². The molecular formula is C13H10N2O4. The predicted molar refractivity (Wildman–Crippen MR) is 69.9 cm³/mol. The summed E-state index contributed by atoms with van der Waals surface area (Å²) in [4.78, 5) is 21.7. The molecule has 0 amide bonds. The van der Waals surface area contributed by atoms with E-state index in [0.717, 1.165) is 0 Å². The number of carboxylic acid groups (broad SMARTS) is 1. The lowest BCUT2D eigenvalue weighted by molar-refractivity contribution is -0.383. The number of aromatic carboxylic acids is 1. The first-order valence-electron chi connectivity index (χ1n) is 5.38. The molecule has 0 atom stereocenters. The fourth-order valence-corrected chi connectivity index (χ4v) is 1.88. The number of nitrogens with zero attached hydrogens (tertiary/aromatic N) is 1. The monoisotopic (exact) mass is 258 g/mol. The zero-order valence-corrected chi connectivity index (χ0v) is 9.74. The molecule has 0 unspecified atom stereocenters. The van der Waals surface area contributed by atoms with Crippen molar-refractivity contribution in [3.63, 3.8) is 0 Å². The van der Waals surface area contributed by atoms with Crippen LogP contribution >= 0.6 is 0 Å². The molecule has 19 heavy (non-hydrogen) atoms. The second-order valence-electron chi connectivity index (χ2n) is 3.85. The van der Waals surface area contributed by atoms with Gasteiger partial charge in [0.1, 0.15) is 5.69 Å². The van der Waals surface area contributed by atoms with Crippen molar-refractivity contribution in [3.05, 3.63) is 58.1 Å². The summed E-state index contributed by atoms with van der Waals surface area (Å²) >= 11 is 0. The minimum absolute atomic E-state index is 0.0260. The second kappa shape index (κ2) is 4.77. The Hall–Kier alpha value is -2.89. The summed E-state index contributed by atoms with van der Waals surface area (Å²) in [6.45, 7) is 0. The molecule has 6 heteroatoms. The van der Waals surface area contributed by atoms with Crippen molar-refractivity contribution in [1.82, 2.24) is 0 Å². The summed E-state index contributed by atoms with van der Waals surface area (Å²) < 4.78 is 0. The SMILES string of the molecule is Nc1ccc(C(=O)O)c(-c2ccccc2)c1[N+](=O)[O-]. The van der Waals surface area contributed by atoms with Gasteiger partial charge in [-0.3, -0.25) is 10.1 Å². The van der Waals surface area contributed by atoms with Crippen LogP contribution in [0, 0.1) is 10.1 Å². The molecule has 2 aromatic rings. The van der Waals surface area contributed by atoms with E-state index in [0.29, 0.717) is 5.56 Å². The summed E-state index contributed by atoms with van der Waals surface area (Å²) in [5, 5.41) is 20.3. The van der Waals surface area contributed by atoms with Crippen molar-refractivity contribution in [2.75, 3.05) is 5.73 Å². The number of nitro groups is 1. The van der Waals surface area contributed by atoms with Crippen LogP contribution in [0.15, 0.2) is 42.5 Å². The van der Waals surface area contributed by atoms with E-state index in [9.17, 15) is 14.9 Å². The Morgan fingerprint density at radius 3 is 2.32 bits per heavy atom. The van der Waals surface area contributed by atoms with Gasteiger partial charge in [0.25, 0.3) is 0 Å². The van der Waals surface area contributed by atoms with E-state index >= 15 is 0 Å². The number of nitro benzene ring substituents is 1. The number of hydrogen-bond donors (Lipinski definition) is 2. The van der Waals surface area contributed by atoms with Crippen LogP contribution in [0.1, 0.15) is 10.4 Å². The number of nitrogens with two attached hydrogens (primary N) is 1. The summed E-state index contributed by atoms with van der Waals surface area (Å²) in [6, 6.07) is 10.8. The molecule has 0 radical (unpaired) electrons. The van der Waals surface area contributed by atoms with Crippen molar-refractivity contribution in [1.29, 1.82) is 0 Å². The quantitative estimate of drug-likeness (QED) is 0.499. The first kappa shape index (κ1) is 12.6. The highest BCUT2D eigenvalue weighted by Crippen LogP contribution is 2.37. The third kappa shape index (κ3) is 2.23. The molecule has 0 bridgehead atoms. The van der Waals surface area contributed by atoms with Crippen LogP contribution in [0.5, 0.6) is 0 Å². The number of nitrogen functional groups attached to an aromatic ring is 1. The van der Waals surface area contributed by atoms with Crippen LogP contribution in [0.25, 0.3) is 11.1 Å². The minimum atomic E-state index is -1.23. The van der Waals surface area contributed by atoms with E-state index in [1.807, 2.05) is 0 Å². The van der Waals surface area contributed by atoms with Crippen LogP contribution in [-0.4, -0.2) is 16.0 Å². The highest BCUT2D eigenvalue weighted by molar-refractivity contribution is 6.01. The number of hydrogen-bond acceptors (Lipinski definition) is 4. The van der Waals surface area contributed by atoms with Crippen molar-refractivity contribution >= 4 is 17.3 Å². The average molecular weight is 258 g/mol. The Kier molecular flexibility index (Phi) is 3.15. The third-order valence-corrected chi connectivity index (χ3v) is 2.68. The molecule has 0 aliphatic rings. The van der Waals surface area contributed by atoms with Crippen LogP contribution in [0.3, 0.4) is 0 Å². The van der Waals surface area contributed by atoms with Gasteiger partial charge < -0.3 is 10.8 Å². The molecule has 6 nitrogen and oxygen atoms in total. The van der Waals surface area contributed by atoms with Gasteiger partial charge in [0, 0.05) is 0 Å². The molecule has 0 saturated carbocycles. The van der Waals surface area contributed by atoms with E-state index in [4.69, 9.17) is 10.8 Å². The fraction of sp³-hybridized carbons (Fsp3) is 0. The molecule has 2 aromatic carbocycles. The molecular weight excluding hydrogens is 248 g/mol. The number of carbonyl (C=O) groups is 1. The van der Waals surface area contributed by atoms with Gasteiger partial charge in [-0.05, 0) is 17.7 Å². The number of carboxylic acids is 1. The Bertz CT molecular complexity index is 653. The number of rotatable bonds is 3. The average Bonchev–Trinajstić information content (AvgIpc) is 2.38. The van der Waals surface area contributed by atoms with E-state index < -0.39 is 10.9 Å². The molecule has 96 valence electrons. The standard InChI is InChI=1S/C13H10N2O4/c14-10-7-6-9(13(16)17)11(12(10)15(18)19)8-4-2-1-3-5-8/h1-7H,14H2,(H,16,17). The lowest BCUT2D eigenvalue weighted by atomic mass is 9.97. The van der Waals surface area contributed by atoms with Gasteiger partial charge in [-0.25, -0.2) is 4.79 Å². The van der Waals surface area contributed by atoms with Crippen LogP contribution < -0.4 is 5.73 Å². The van der Waals surface area contributed by atoms with E-state index in [1.54, 1.807) is 30.3 Å². The molecule has 0 aliphatic heterocycles. The fourth-order valence-electron chi connectivity index (χ4n) is 1.88. The lowest BCUT2D eigenvalue weighted by Crippen LogP contribution is -2.05. The predicted octanol–water partition coefficient (Wildman–Crippen LogP) is 2.54. The molecule has 0 heterocycles. The Morgan fingerprint density at radius 2 is 1.79 bits per heavy atom. The molecule has 0 fully saturated rings. The highest BCUT2D eigenvalue weighted by Gasteiger charge is 2.25. The molecule has 0 aliphatic carbocycles. The van der Waals surface area contributed by atoms with Crippen molar-refractivity contribution < 1.29 is 14.8 Å². The first-order valence-corrected chi connectivity index (χ1v) is 5.38. The summed E-state index contributed by atoms with van der Waals surface area (Å²) in [7, 11) is 0. The largest absolute Gasteiger partial charge is 0.478 e. The normalized spacial score (nSPS) is 10.1. The van der Waals surface area contributed by atoms with E-state index in [2.05, 4.69) is 0 Å². The minimum Gasteiger partial charge on any atom is -0.478 e. The number of benzene rings is 2. The molecule has 0 saturated heterocycles. The van der Waals surface area contributed by atoms with Gasteiger partial charge >= 0.3 is 11.7 Å². The number of anilines is 1. The lowest BCUT2D eigenvalue weighted by Gasteiger charge is -2.09. The van der Waals surface area contributed by atoms with Crippen LogP contribution in [-0.2, 0) is 0 Å². The van der Waals surface area contributed by atoms with Crippen LogP contribution in [0.4, 0.5) is 11.4 Å². The zero-order valence-electron chi connectivity index (χ0n) is 9.74. The molecule has 0 spiro atoms. The van der Waals surface area contributed by atoms with Gasteiger partial charge in [0.2, 0.25) is 0 Å². The topological polar surface area (TPSA) is 106 Å². The second-order valence-corrected chi connectivity index (χ2v) is 3.85. The Morgan fingerprint density at radius 1 is 1.16 bits per heavy atom. The van der Waals surface area contributed by atoms with Gasteiger partial charge in [0.15, 0.2) is 0 Å². The first-order chi connectivity index (χ1) is 9.02. The van der Waals surface area contributed by atoms with Gasteiger partial charge in [-0.1, -0.05) is 30.3 Å². The zero-order chi connectivity index (χ0) is 14.0. The summed E-state index contributed by atoms with van der Waals surface area (Å²) in [6.07, 6.45) is 0. The smallest absolute Gasteiger partial charge is 0.336 e. The van der Waals surface area contributed by atoms with Crippen LogP contribution in [0.2, 0.25) is 0 Å². The van der Waals surface area contributed by atoms with Gasteiger partial charge in [-0.2, -0.15) is 0 Å². The maximum atomic E-state index is 11.2. The maximum absolute atomic E-state index is 11.2. The van der Waals surface area contributed by atoms with Crippen molar-refractivity contribution in [3.8, 4) is 11.1 Å². The Balaban J connectivity index is 2.85.